The SMILES string of the molecule is CCCCCCCCCCCCCCCCCCCCC/C=C/C(O)C(CO)NC(=O)CCCCCCCCCC/C=C\CCCCCCCCCCCCCCOC(=O)CCCCCCCCCCCCCCCCCC. The first kappa shape index (κ1) is 76.3. The molecule has 0 aliphatic rings. The van der Waals surface area contributed by atoms with Gasteiger partial charge in [-0.3, -0.25) is 9.59 Å². The van der Waals surface area contributed by atoms with Crippen molar-refractivity contribution in [2.24, 2.45) is 0 Å². The molecule has 0 radical (unpaired) electrons. The summed E-state index contributed by atoms with van der Waals surface area (Å²) in [5, 5.41) is 23.2. The fourth-order valence-corrected chi connectivity index (χ4v) is 11.3. The fraction of sp³-hybridized carbons (Fsp3) is 0.917. The monoisotopic (exact) mass is 1100 g/mol. The number of rotatable bonds is 67. The van der Waals surface area contributed by atoms with Crippen molar-refractivity contribution in [2.75, 3.05) is 13.2 Å². The number of ether oxygens (including phenoxy) is 1. The van der Waals surface area contributed by atoms with E-state index in [2.05, 4.69) is 31.3 Å². The Balaban J connectivity index is 3.41. The Morgan fingerprint density at radius 1 is 0.346 bits per heavy atom. The van der Waals surface area contributed by atoms with E-state index in [9.17, 15) is 19.8 Å². The second-order valence-electron chi connectivity index (χ2n) is 24.6. The topological polar surface area (TPSA) is 95.9 Å². The van der Waals surface area contributed by atoms with E-state index in [0.717, 1.165) is 38.5 Å². The minimum atomic E-state index is -0.848. The Hall–Kier alpha value is -1.66. The zero-order chi connectivity index (χ0) is 56.4. The second kappa shape index (κ2) is 67.8. The van der Waals surface area contributed by atoms with Crippen LogP contribution in [0, 0.1) is 0 Å². The molecule has 6 heteroatoms. The molecule has 0 aliphatic heterocycles. The van der Waals surface area contributed by atoms with Gasteiger partial charge in [0.2, 0.25) is 5.91 Å². The van der Waals surface area contributed by atoms with E-state index >= 15 is 0 Å². The van der Waals surface area contributed by atoms with E-state index in [-0.39, 0.29) is 18.5 Å². The van der Waals surface area contributed by atoms with Gasteiger partial charge < -0.3 is 20.3 Å². The van der Waals surface area contributed by atoms with Crippen molar-refractivity contribution < 1.29 is 24.5 Å². The lowest BCUT2D eigenvalue weighted by molar-refractivity contribution is -0.143. The molecule has 1 amide bonds. The predicted molar refractivity (Wildman–Crippen MR) is 343 cm³/mol. The zero-order valence-corrected chi connectivity index (χ0v) is 52.9. The van der Waals surface area contributed by atoms with Crippen LogP contribution in [0.5, 0.6) is 0 Å². The number of amides is 1. The molecule has 0 saturated heterocycles. The van der Waals surface area contributed by atoms with Crippen molar-refractivity contribution >= 4 is 11.9 Å². The maximum atomic E-state index is 12.5. The Labute approximate surface area is 488 Å². The van der Waals surface area contributed by atoms with Gasteiger partial charge in [0.1, 0.15) is 0 Å². The Kier molecular flexibility index (Phi) is 66.4. The largest absolute Gasteiger partial charge is 0.466 e. The first-order valence-electron chi connectivity index (χ1n) is 35.6. The van der Waals surface area contributed by atoms with Gasteiger partial charge in [0.25, 0.3) is 0 Å². The van der Waals surface area contributed by atoms with Crippen LogP contribution in [0.1, 0.15) is 399 Å². The number of esters is 1. The number of hydrogen-bond donors (Lipinski definition) is 3. The van der Waals surface area contributed by atoms with E-state index in [1.165, 1.54) is 334 Å². The molecule has 3 N–H and O–H groups in total. The molecule has 0 rings (SSSR count). The van der Waals surface area contributed by atoms with Crippen LogP contribution < -0.4 is 5.32 Å². The molecule has 2 atom stereocenters. The summed E-state index contributed by atoms with van der Waals surface area (Å²) in [4.78, 5) is 24.6. The van der Waals surface area contributed by atoms with Gasteiger partial charge in [-0.1, -0.05) is 353 Å². The number of allylic oxidation sites excluding steroid dienone is 3. The predicted octanol–water partition coefficient (Wildman–Crippen LogP) is 22.9. The molecule has 78 heavy (non-hydrogen) atoms. The van der Waals surface area contributed by atoms with Crippen LogP contribution in [0.2, 0.25) is 0 Å². The van der Waals surface area contributed by atoms with E-state index in [1.807, 2.05) is 6.08 Å². The van der Waals surface area contributed by atoms with Gasteiger partial charge in [-0.15, -0.1) is 0 Å². The summed E-state index contributed by atoms with van der Waals surface area (Å²) >= 11 is 0. The third-order valence-corrected chi connectivity index (χ3v) is 16.7. The number of hydrogen-bond acceptors (Lipinski definition) is 5. The number of aliphatic hydroxyl groups is 2. The first-order valence-corrected chi connectivity index (χ1v) is 35.6. The van der Waals surface area contributed by atoms with E-state index in [0.29, 0.717) is 19.4 Å². The van der Waals surface area contributed by atoms with Crippen LogP contribution in [0.25, 0.3) is 0 Å². The number of carbonyl (C=O) groups excluding carboxylic acids is 2. The summed E-state index contributed by atoms with van der Waals surface area (Å²) in [6.07, 6.45) is 85.4. The summed E-state index contributed by atoms with van der Waals surface area (Å²) in [5.41, 5.74) is 0. The standard InChI is InChI=1S/C72H139NO5/c1-3-5-7-9-11-13-15-17-19-21-22-27-30-33-36-40-44-48-52-56-60-64-70(75)69(68-74)73-71(76)65-61-57-53-49-45-41-37-34-31-28-25-23-24-26-29-32-35-39-43-47-51-55-59-63-67-78-72(77)66-62-58-54-50-46-42-38-20-18-16-14-12-10-8-6-4-2/h25,28,60,64,69-70,74-75H,3-24,26-27,29-59,61-63,65-68H2,1-2H3,(H,73,76)/b28-25-,64-60+. The highest BCUT2D eigenvalue weighted by molar-refractivity contribution is 5.76. The van der Waals surface area contributed by atoms with Crippen LogP contribution in [0.4, 0.5) is 0 Å². The average Bonchev–Trinajstić information content (AvgIpc) is 3.44. The van der Waals surface area contributed by atoms with Crippen molar-refractivity contribution in [3.63, 3.8) is 0 Å². The second-order valence-corrected chi connectivity index (χ2v) is 24.6. The van der Waals surface area contributed by atoms with Gasteiger partial charge in [-0.25, -0.2) is 0 Å². The van der Waals surface area contributed by atoms with Crippen molar-refractivity contribution in [3.8, 4) is 0 Å². The first-order chi connectivity index (χ1) is 38.5. The van der Waals surface area contributed by atoms with Crippen LogP contribution in [-0.4, -0.2) is 47.4 Å². The van der Waals surface area contributed by atoms with E-state index < -0.39 is 12.1 Å². The quantitative estimate of drug-likeness (QED) is 0.0320. The summed E-state index contributed by atoms with van der Waals surface area (Å²) in [7, 11) is 0. The van der Waals surface area contributed by atoms with Gasteiger partial charge in [0, 0.05) is 12.8 Å². The maximum Gasteiger partial charge on any atom is 0.305 e. The number of unbranched alkanes of at least 4 members (excludes halogenated alkanes) is 54. The molecule has 0 heterocycles. The highest BCUT2D eigenvalue weighted by atomic mass is 16.5. The third kappa shape index (κ3) is 63.5. The van der Waals surface area contributed by atoms with Gasteiger partial charge in [0.05, 0.1) is 25.4 Å². The van der Waals surface area contributed by atoms with Crippen molar-refractivity contribution in [1.29, 1.82) is 0 Å². The molecular formula is C72H139NO5. The molecule has 0 aromatic carbocycles. The van der Waals surface area contributed by atoms with Crippen LogP contribution in [0.15, 0.2) is 24.3 Å². The lowest BCUT2D eigenvalue weighted by atomic mass is 10.0. The molecule has 0 aromatic heterocycles. The lowest BCUT2D eigenvalue weighted by Crippen LogP contribution is -2.45. The summed E-state index contributed by atoms with van der Waals surface area (Å²) in [6.45, 7) is 4.95. The fourth-order valence-electron chi connectivity index (χ4n) is 11.3. The Bertz CT molecular complexity index is 1220. The number of aliphatic hydroxyl groups excluding tert-OH is 2. The molecule has 0 spiro atoms. The third-order valence-electron chi connectivity index (χ3n) is 16.7. The minimum Gasteiger partial charge on any atom is -0.466 e. The van der Waals surface area contributed by atoms with Gasteiger partial charge >= 0.3 is 5.97 Å². The Morgan fingerprint density at radius 3 is 0.910 bits per heavy atom. The minimum absolute atomic E-state index is 0.0164. The molecular weight excluding hydrogens is 959 g/mol. The average molecular weight is 1100 g/mol. The van der Waals surface area contributed by atoms with E-state index in [1.54, 1.807) is 6.08 Å². The van der Waals surface area contributed by atoms with Gasteiger partial charge in [0.15, 0.2) is 0 Å². The molecule has 0 saturated carbocycles. The molecule has 0 aliphatic carbocycles. The lowest BCUT2D eigenvalue weighted by Gasteiger charge is -2.20. The van der Waals surface area contributed by atoms with Crippen molar-refractivity contribution in [3.05, 3.63) is 24.3 Å². The van der Waals surface area contributed by atoms with Gasteiger partial charge in [-0.05, 0) is 57.8 Å². The van der Waals surface area contributed by atoms with Crippen LogP contribution >= 0.6 is 0 Å². The molecule has 0 bridgehead atoms. The Morgan fingerprint density at radius 2 is 0.603 bits per heavy atom. The summed E-state index contributed by atoms with van der Waals surface area (Å²) in [5.74, 6) is -0.0521. The van der Waals surface area contributed by atoms with E-state index in [4.69, 9.17) is 4.74 Å². The molecule has 462 valence electrons. The molecule has 0 aromatic rings. The van der Waals surface area contributed by atoms with Crippen molar-refractivity contribution in [2.45, 2.75) is 411 Å². The molecule has 6 nitrogen and oxygen atoms in total. The molecule has 0 fully saturated rings. The van der Waals surface area contributed by atoms with Crippen LogP contribution in [-0.2, 0) is 14.3 Å². The summed E-state index contributed by atoms with van der Waals surface area (Å²) < 4.78 is 5.50. The van der Waals surface area contributed by atoms with Crippen molar-refractivity contribution in [1.82, 2.24) is 5.32 Å². The molecule has 2 unspecified atom stereocenters. The normalized spacial score (nSPS) is 12.6. The highest BCUT2D eigenvalue weighted by Crippen LogP contribution is 2.19. The zero-order valence-electron chi connectivity index (χ0n) is 52.9. The number of nitrogens with one attached hydrogen (secondary N) is 1. The summed E-state index contributed by atoms with van der Waals surface area (Å²) in [6, 6.07) is -0.632. The smallest absolute Gasteiger partial charge is 0.305 e. The number of carbonyl (C=O) groups is 2. The van der Waals surface area contributed by atoms with Crippen LogP contribution in [0.3, 0.4) is 0 Å². The highest BCUT2D eigenvalue weighted by Gasteiger charge is 2.18. The maximum absolute atomic E-state index is 12.5. The van der Waals surface area contributed by atoms with Gasteiger partial charge in [-0.2, -0.15) is 0 Å².